The van der Waals surface area contributed by atoms with Crippen LogP contribution >= 0.6 is 0 Å². The van der Waals surface area contributed by atoms with E-state index in [1.807, 2.05) is 43.3 Å². The van der Waals surface area contributed by atoms with Gasteiger partial charge >= 0.3 is 5.97 Å². The van der Waals surface area contributed by atoms with Crippen molar-refractivity contribution >= 4 is 11.6 Å². The number of imidazole rings is 1. The lowest BCUT2D eigenvalue weighted by molar-refractivity contribution is -0.142. The molecule has 5 heteroatoms. The topological polar surface area (TPSA) is 56.5 Å². The number of rotatable bonds is 4. The molecule has 2 heterocycles. The normalized spacial score (nSPS) is 10.8. The van der Waals surface area contributed by atoms with Crippen molar-refractivity contribution in [1.29, 1.82) is 0 Å². The Morgan fingerprint density at radius 2 is 2.05 bits per heavy atom. The minimum atomic E-state index is -0.274. The summed E-state index contributed by atoms with van der Waals surface area (Å²) in [5.41, 5.74) is 4.24. The van der Waals surface area contributed by atoms with Crippen molar-refractivity contribution in [1.82, 2.24) is 14.6 Å². The molecule has 5 nitrogen and oxygen atoms in total. The molecule has 0 atom stereocenters. The van der Waals surface area contributed by atoms with Gasteiger partial charge in [0.05, 0.1) is 30.6 Å². The molecular formula is C17H17N3O2. The third-order valence-corrected chi connectivity index (χ3v) is 3.37. The van der Waals surface area contributed by atoms with Crippen LogP contribution < -0.4 is 0 Å². The summed E-state index contributed by atoms with van der Waals surface area (Å²) in [5, 5.41) is 4.39. The van der Waals surface area contributed by atoms with E-state index >= 15 is 0 Å². The van der Waals surface area contributed by atoms with Crippen molar-refractivity contribution in [3.63, 3.8) is 0 Å². The molecule has 1 aromatic carbocycles. The molecule has 3 rings (SSSR count). The number of esters is 1. The highest BCUT2D eigenvalue weighted by molar-refractivity contribution is 5.77. The van der Waals surface area contributed by atoms with E-state index in [0.29, 0.717) is 6.61 Å². The fraction of sp³-hybridized carbons (Fsp3) is 0.235. The van der Waals surface area contributed by atoms with Gasteiger partial charge in [-0.25, -0.2) is 9.50 Å². The zero-order valence-electron chi connectivity index (χ0n) is 12.6. The number of hydrogen-bond donors (Lipinski definition) is 0. The van der Waals surface area contributed by atoms with E-state index in [2.05, 4.69) is 10.1 Å². The molecule has 0 N–H and O–H groups in total. The molecule has 0 saturated heterocycles. The molecule has 0 unspecified atom stereocenters. The number of aryl methyl sites for hydroxylation is 1. The second-order valence-electron chi connectivity index (χ2n) is 5.06. The number of hydrogen-bond acceptors (Lipinski definition) is 4. The van der Waals surface area contributed by atoms with Crippen molar-refractivity contribution in [2.24, 2.45) is 0 Å². The quantitative estimate of drug-likeness (QED) is 0.694. The SMILES string of the molecule is CCOC(=O)Cc1c(-c2ccccc2)nc2cc(C)cnn12. The number of fused-ring (bicyclic) bond motifs is 1. The second kappa shape index (κ2) is 5.97. The molecule has 112 valence electrons. The Balaban J connectivity index is 2.15. The Morgan fingerprint density at radius 1 is 1.27 bits per heavy atom. The van der Waals surface area contributed by atoms with E-state index in [1.165, 1.54) is 0 Å². The minimum absolute atomic E-state index is 0.148. The van der Waals surface area contributed by atoms with E-state index in [9.17, 15) is 4.79 Å². The summed E-state index contributed by atoms with van der Waals surface area (Å²) < 4.78 is 6.79. The van der Waals surface area contributed by atoms with Crippen LogP contribution in [0, 0.1) is 6.92 Å². The monoisotopic (exact) mass is 295 g/mol. The first-order valence-electron chi connectivity index (χ1n) is 7.24. The molecular weight excluding hydrogens is 278 g/mol. The lowest BCUT2D eigenvalue weighted by atomic mass is 10.1. The maximum atomic E-state index is 11.9. The van der Waals surface area contributed by atoms with Crippen LogP contribution in [0.2, 0.25) is 0 Å². The lowest BCUT2D eigenvalue weighted by Crippen LogP contribution is -2.11. The van der Waals surface area contributed by atoms with Crippen LogP contribution in [0.4, 0.5) is 0 Å². The summed E-state index contributed by atoms with van der Waals surface area (Å²) in [6.45, 7) is 4.13. The van der Waals surface area contributed by atoms with Gasteiger partial charge in [0.1, 0.15) is 0 Å². The van der Waals surface area contributed by atoms with Crippen molar-refractivity contribution in [3.8, 4) is 11.3 Å². The second-order valence-corrected chi connectivity index (χ2v) is 5.06. The molecule has 0 saturated carbocycles. The van der Waals surface area contributed by atoms with Gasteiger partial charge < -0.3 is 4.74 Å². The van der Waals surface area contributed by atoms with Gasteiger partial charge in [-0.1, -0.05) is 30.3 Å². The average molecular weight is 295 g/mol. The summed E-state index contributed by atoms with van der Waals surface area (Å²) >= 11 is 0. The van der Waals surface area contributed by atoms with Gasteiger partial charge in [-0.15, -0.1) is 0 Å². The zero-order valence-corrected chi connectivity index (χ0v) is 12.6. The molecule has 0 spiro atoms. The maximum Gasteiger partial charge on any atom is 0.311 e. The first-order chi connectivity index (χ1) is 10.7. The number of nitrogens with zero attached hydrogens (tertiary/aromatic N) is 3. The predicted molar refractivity (Wildman–Crippen MR) is 83.5 cm³/mol. The summed E-state index contributed by atoms with van der Waals surface area (Å²) in [6, 6.07) is 11.8. The van der Waals surface area contributed by atoms with E-state index in [-0.39, 0.29) is 12.4 Å². The van der Waals surface area contributed by atoms with Crippen LogP contribution in [-0.2, 0) is 16.0 Å². The predicted octanol–water partition coefficient (Wildman–Crippen LogP) is 2.81. The molecule has 3 aromatic rings. The van der Waals surface area contributed by atoms with Crippen LogP contribution in [0.3, 0.4) is 0 Å². The van der Waals surface area contributed by atoms with Crippen molar-refractivity contribution in [2.45, 2.75) is 20.3 Å². The Kier molecular flexibility index (Phi) is 3.87. The highest BCUT2D eigenvalue weighted by Crippen LogP contribution is 2.24. The van der Waals surface area contributed by atoms with Crippen LogP contribution in [0.25, 0.3) is 16.9 Å². The largest absolute Gasteiger partial charge is 0.466 e. The first-order valence-corrected chi connectivity index (χ1v) is 7.24. The van der Waals surface area contributed by atoms with Crippen molar-refractivity contribution in [2.75, 3.05) is 6.61 Å². The average Bonchev–Trinajstić information content (AvgIpc) is 2.86. The molecule has 2 aromatic heterocycles. The fourth-order valence-corrected chi connectivity index (χ4v) is 2.41. The van der Waals surface area contributed by atoms with Gasteiger partial charge in [-0.2, -0.15) is 5.10 Å². The number of carbonyl (C=O) groups excluding carboxylic acids is 1. The molecule has 0 amide bonds. The number of ether oxygens (including phenoxy) is 1. The van der Waals surface area contributed by atoms with Crippen molar-refractivity contribution in [3.05, 3.63) is 53.9 Å². The van der Waals surface area contributed by atoms with Gasteiger partial charge in [-0.3, -0.25) is 4.79 Å². The van der Waals surface area contributed by atoms with E-state index in [4.69, 9.17) is 4.74 Å². The Morgan fingerprint density at radius 3 is 2.77 bits per heavy atom. The first kappa shape index (κ1) is 14.3. The Hall–Kier alpha value is -2.69. The lowest BCUT2D eigenvalue weighted by Gasteiger charge is -2.05. The highest BCUT2D eigenvalue weighted by Gasteiger charge is 2.18. The summed E-state index contributed by atoms with van der Waals surface area (Å²) in [5.74, 6) is -0.274. The van der Waals surface area contributed by atoms with E-state index < -0.39 is 0 Å². The van der Waals surface area contributed by atoms with Gasteiger partial charge in [0.25, 0.3) is 0 Å². The third kappa shape index (κ3) is 2.70. The van der Waals surface area contributed by atoms with Crippen molar-refractivity contribution < 1.29 is 9.53 Å². The molecule has 0 aliphatic heterocycles. The minimum Gasteiger partial charge on any atom is -0.466 e. The third-order valence-electron chi connectivity index (χ3n) is 3.37. The van der Waals surface area contributed by atoms with E-state index in [0.717, 1.165) is 28.2 Å². The number of aromatic nitrogens is 3. The summed E-state index contributed by atoms with van der Waals surface area (Å²) in [6.07, 6.45) is 1.91. The molecule has 0 radical (unpaired) electrons. The molecule has 0 aliphatic carbocycles. The Bertz CT molecular complexity index is 809. The smallest absolute Gasteiger partial charge is 0.311 e. The van der Waals surface area contributed by atoms with Gasteiger partial charge in [0, 0.05) is 5.56 Å². The molecule has 0 bridgehead atoms. The van der Waals surface area contributed by atoms with Crippen LogP contribution in [-0.4, -0.2) is 27.2 Å². The molecule has 0 fully saturated rings. The summed E-state index contributed by atoms with van der Waals surface area (Å²) in [7, 11) is 0. The summed E-state index contributed by atoms with van der Waals surface area (Å²) in [4.78, 5) is 16.6. The zero-order chi connectivity index (χ0) is 15.5. The number of benzene rings is 1. The Labute approximate surface area is 128 Å². The van der Waals surface area contributed by atoms with Crippen LogP contribution in [0.5, 0.6) is 0 Å². The van der Waals surface area contributed by atoms with Gasteiger partial charge in [-0.05, 0) is 25.5 Å². The van der Waals surface area contributed by atoms with Crippen LogP contribution in [0.15, 0.2) is 42.6 Å². The maximum absolute atomic E-state index is 11.9. The molecule has 22 heavy (non-hydrogen) atoms. The van der Waals surface area contributed by atoms with Gasteiger partial charge in [0.2, 0.25) is 0 Å². The van der Waals surface area contributed by atoms with E-state index in [1.54, 1.807) is 17.6 Å². The van der Waals surface area contributed by atoms with Gasteiger partial charge in [0.15, 0.2) is 5.65 Å². The highest BCUT2D eigenvalue weighted by atomic mass is 16.5. The molecule has 0 aliphatic rings. The fourth-order valence-electron chi connectivity index (χ4n) is 2.41. The number of carbonyl (C=O) groups is 1. The standard InChI is InChI=1S/C17H17N3O2/c1-3-22-16(21)10-14-17(13-7-5-4-6-8-13)19-15-9-12(2)11-18-20(14)15/h4-9,11H,3,10H2,1-2H3. The van der Waals surface area contributed by atoms with Crippen LogP contribution in [0.1, 0.15) is 18.2 Å².